The molecule has 4 nitrogen and oxygen atoms in total. The van der Waals surface area contributed by atoms with Gasteiger partial charge in [0, 0.05) is 19.8 Å². The lowest BCUT2D eigenvalue weighted by Crippen LogP contribution is -2.23. The summed E-state index contributed by atoms with van der Waals surface area (Å²) in [6.07, 6.45) is 1.96. The fourth-order valence-corrected chi connectivity index (χ4v) is 2.19. The zero-order valence-electron chi connectivity index (χ0n) is 10.9. The van der Waals surface area contributed by atoms with E-state index in [9.17, 15) is 9.18 Å². The van der Waals surface area contributed by atoms with Gasteiger partial charge in [0.25, 0.3) is 0 Å². The molecule has 19 heavy (non-hydrogen) atoms. The molecule has 1 aliphatic rings. The topological polar surface area (TPSA) is 47.6 Å². The van der Waals surface area contributed by atoms with Crippen LogP contribution in [0.1, 0.15) is 23.2 Å². The second-order valence-corrected chi connectivity index (χ2v) is 4.59. The summed E-state index contributed by atoms with van der Waals surface area (Å²) >= 11 is 0. The van der Waals surface area contributed by atoms with E-state index >= 15 is 0 Å². The normalized spacial score (nSPS) is 16.1. The molecule has 0 saturated carbocycles. The number of hydrogen-bond donors (Lipinski definition) is 1. The van der Waals surface area contributed by atoms with Crippen LogP contribution in [0.3, 0.4) is 0 Å². The number of anilines is 1. The van der Waals surface area contributed by atoms with Crippen molar-refractivity contribution in [2.45, 2.75) is 12.8 Å². The molecule has 0 radical (unpaired) electrons. The van der Waals surface area contributed by atoms with Crippen molar-refractivity contribution < 1.29 is 18.7 Å². The van der Waals surface area contributed by atoms with Gasteiger partial charge < -0.3 is 14.8 Å². The Hall–Kier alpha value is -1.62. The summed E-state index contributed by atoms with van der Waals surface area (Å²) in [6.45, 7) is 2.23. The number of hydrogen-bond acceptors (Lipinski definition) is 4. The molecular formula is C14H18FNO3. The van der Waals surface area contributed by atoms with Crippen molar-refractivity contribution in [3.05, 3.63) is 29.6 Å². The van der Waals surface area contributed by atoms with Gasteiger partial charge in [0.2, 0.25) is 0 Å². The maximum absolute atomic E-state index is 13.7. The molecule has 104 valence electrons. The first-order valence-electron chi connectivity index (χ1n) is 6.41. The van der Waals surface area contributed by atoms with Crippen molar-refractivity contribution in [3.63, 3.8) is 0 Å². The minimum Gasteiger partial charge on any atom is -0.465 e. The molecule has 0 spiro atoms. The minimum atomic E-state index is -0.660. The van der Waals surface area contributed by atoms with Crippen LogP contribution in [0.25, 0.3) is 0 Å². The summed E-state index contributed by atoms with van der Waals surface area (Å²) in [7, 11) is 1.25. The van der Waals surface area contributed by atoms with E-state index in [-0.39, 0.29) is 5.56 Å². The number of ether oxygens (including phenoxy) is 2. The number of rotatable bonds is 4. The Morgan fingerprint density at radius 2 is 2.21 bits per heavy atom. The van der Waals surface area contributed by atoms with Crippen molar-refractivity contribution in [1.82, 2.24) is 0 Å². The highest BCUT2D eigenvalue weighted by Crippen LogP contribution is 2.22. The van der Waals surface area contributed by atoms with E-state index in [1.165, 1.54) is 13.2 Å². The van der Waals surface area contributed by atoms with Crippen molar-refractivity contribution in [1.29, 1.82) is 0 Å². The number of esters is 1. The largest absolute Gasteiger partial charge is 0.465 e. The van der Waals surface area contributed by atoms with Gasteiger partial charge in [0.05, 0.1) is 12.8 Å². The smallest absolute Gasteiger partial charge is 0.342 e. The van der Waals surface area contributed by atoms with Crippen molar-refractivity contribution in [2.24, 2.45) is 5.92 Å². The lowest BCUT2D eigenvalue weighted by molar-refractivity contribution is 0.0596. The first-order chi connectivity index (χ1) is 9.22. The molecule has 1 aromatic carbocycles. The lowest BCUT2D eigenvalue weighted by Gasteiger charge is -2.23. The predicted molar refractivity (Wildman–Crippen MR) is 69.8 cm³/mol. The first-order valence-corrected chi connectivity index (χ1v) is 6.41. The lowest BCUT2D eigenvalue weighted by atomic mass is 10.00. The van der Waals surface area contributed by atoms with E-state index in [1.54, 1.807) is 12.1 Å². The highest BCUT2D eigenvalue weighted by atomic mass is 19.1. The number of benzene rings is 1. The second-order valence-electron chi connectivity index (χ2n) is 4.59. The highest BCUT2D eigenvalue weighted by molar-refractivity contribution is 5.95. The van der Waals surface area contributed by atoms with Crippen LogP contribution in [0.2, 0.25) is 0 Å². The number of halogens is 1. The maximum Gasteiger partial charge on any atom is 0.342 e. The Balaban J connectivity index is 2.06. The molecule has 1 N–H and O–H groups in total. The Kier molecular flexibility index (Phi) is 4.74. The Morgan fingerprint density at radius 3 is 2.89 bits per heavy atom. The predicted octanol–water partition coefficient (Wildman–Crippen LogP) is 2.45. The molecule has 0 atom stereocenters. The molecule has 1 saturated heterocycles. The monoisotopic (exact) mass is 267 g/mol. The fourth-order valence-electron chi connectivity index (χ4n) is 2.19. The van der Waals surface area contributed by atoms with Gasteiger partial charge in [-0.05, 0) is 30.9 Å². The minimum absolute atomic E-state index is 0.0305. The van der Waals surface area contributed by atoms with Gasteiger partial charge in [-0.15, -0.1) is 0 Å². The molecule has 1 fully saturated rings. The Labute approximate surface area is 111 Å². The summed E-state index contributed by atoms with van der Waals surface area (Å²) in [6, 6.07) is 4.52. The van der Waals surface area contributed by atoms with Crippen LogP contribution >= 0.6 is 0 Å². The van der Waals surface area contributed by atoms with Crippen LogP contribution in [0.5, 0.6) is 0 Å². The Bertz CT molecular complexity index is 444. The molecule has 1 heterocycles. The van der Waals surface area contributed by atoms with Crippen LogP contribution in [0.4, 0.5) is 10.1 Å². The van der Waals surface area contributed by atoms with E-state index in [1.807, 2.05) is 0 Å². The molecular weight excluding hydrogens is 249 g/mol. The van der Waals surface area contributed by atoms with E-state index < -0.39 is 11.8 Å². The van der Waals surface area contributed by atoms with Crippen LogP contribution in [-0.4, -0.2) is 32.8 Å². The van der Waals surface area contributed by atoms with Gasteiger partial charge in [0.15, 0.2) is 0 Å². The summed E-state index contributed by atoms with van der Waals surface area (Å²) in [4.78, 5) is 11.6. The van der Waals surface area contributed by atoms with Gasteiger partial charge in [-0.1, -0.05) is 6.07 Å². The molecule has 1 aliphatic heterocycles. The fraction of sp³-hybridized carbons (Fsp3) is 0.500. The summed E-state index contributed by atoms with van der Waals surface area (Å²) in [5.41, 5.74) is 0.454. The number of carbonyl (C=O) groups is 1. The van der Waals surface area contributed by atoms with Crippen LogP contribution < -0.4 is 5.32 Å². The standard InChI is InChI=1S/C14H18FNO3/c1-18-14(17)13-11(15)3-2-4-12(13)16-9-10-5-7-19-8-6-10/h2-4,10,16H,5-9H2,1H3. The molecule has 2 rings (SSSR count). The van der Waals surface area contributed by atoms with Crippen LogP contribution in [0, 0.1) is 11.7 Å². The van der Waals surface area contributed by atoms with Gasteiger partial charge in [-0.2, -0.15) is 0 Å². The third-order valence-corrected chi connectivity index (χ3v) is 3.33. The van der Waals surface area contributed by atoms with Crippen LogP contribution in [0.15, 0.2) is 18.2 Å². The van der Waals surface area contributed by atoms with Gasteiger partial charge in [-0.25, -0.2) is 9.18 Å². The number of nitrogens with one attached hydrogen (secondary N) is 1. The van der Waals surface area contributed by atoms with Gasteiger partial charge in [-0.3, -0.25) is 0 Å². The zero-order valence-corrected chi connectivity index (χ0v) is 10.9. The zero-order chi connectivity index (χ0) is 13.7. The second kappa shape index (κ2) is 6.52. The van der Waals surface area contributed by atoms with E-state index in [0.29, 0.717) is 18.2 Å². The maximum atomic E-state index is 13.7. The average Bonchev–Trinajstić information content (AvgIpc) is 2.45. The van der Waals surface area contributed by atoms with Crippen LogP contribution in [-0.2, 0) is 9.47 Å². The molecule has 0 aliphatic carbocycles. The van der Waals surface area contributed by atoms with Crippen molar-refractivity contribution >= 4 is 11.7 Å². The van der Waals surface area contributed by atoms with Crippen molar-refractivity contribution in [2.75, 3.05) is 32.2 Å². The van der Waals surface area contributed by atoms with Crippen molar-refractivity contribution in [3.8, 4) is 0 Å². The molecule has 1 aromatic rings. The third kappa shape index (κ3) is 3.44. The van der Waals surface area contributed by atoms with E-state index in [2.05, 4.69) is 10.1 Å². The molecule has 0 unspecified atom stereocenters. The molecule has 0 amide bonds. The third-order valence-electron chi connectivity index (χ3n) is 3.33. The SMILES string of the molecule is COC(=O)c1c(F)cccc1NCC1CCOCC1. The summed E-state index contributed by atoms with van der Waals surface area (Å²) in [5, 5.41) is 3.14. The summed E-state index contributed by atoms with van der Waals surface area (Å²) in [5.74, 6) is -0.737. The number of carbonyl (C=O) groups excluding carboxylic acids is 1. The van der Waals surface area contributed by atoms with Gasteiger partial charge in [0.1, 0.15) is 11.4 Å². The summed E-state index contributed by atoms with van der Waals surface area (Å²) < 4.78 is 23.6. The van der Waals surface area contributed by atoms with E-state index in [0.717, 1.165) is 26.1 Å². The first kappa shape index (κ1) is 13.8. The van der Waals surface area contributed by atoms with Gasteiger partial charge >= 0.3 is 5.97 Å². The molecule has 0 bridgehead atoms. The molecule has 0 aromatic heterocycles. The Morgan fingerprint density at radius 1 is 1.47 bits per heavy atom. The quantitative estimate of drug-likeness (QED) is 0.851. The number of methoxy groups -OCH3 is 1. The van der Waals surface area contributed by atoms with E-state index in [4.69, 9.17) is 4.74 Å². The highest BCUT2D eigenvalue weighted by Gasteiger charge is 2.19. The molecule has 5 heteroatoms. The average molecular weight is 267 g/mol.